The zero-order valence-corrected chi connectivity index (χ0v) is 10.5. The van der Waals surface area contributed by atoms with Gasteiger partial charge < -0.3 is 9.64 Å². The third kappa shape index (κ3) is 2.71. The third-order valence-electron chi connectivity index (χ3n) is 2.89. The van der Waals surface area contributed by atoms with Gasteiger partial charge in [0, 0.05) is 6.42 Å². The minimum atomic E-state index is -0.424. The molecular weight excluding hydrogens is 190 g/mol. The second-order valence-corrected chi connectivity index (χ2v) is 5.16. The molecule has 1 saturated heterocycles. The molecule has 1 aliphatic rings. The summed E-state index contributed by atoms with van der Waals surface area (Å²) >= 11 is 0. The normalized spacial score (nSPS) is 24.9. The second kappa shape index (κ2) is 4.52. The van der Waals surface area contributed by atoms with Gasteiger partial charge in [-0.2, -0.15) is 0 Å². The zero-order chi connectivity index (χ0) is 11.6. The van der Waals surface area contributed by atoms with Crippen LogP contribution in [0.1, 0.15) is 47.5 Å². The monoisotopic (exact) mass is 213 g/mol. The first kappa shape index (κ1) is 12.5. The van der Waals surface area contributed by atoms with Crippen LogP contribution in [0.4, 0.5) is 0 Å². The lowest BCUT2D eigenvalue weighted by Gasteiger charge is -2.34. The number of amides is 1. The van der Waals surface area contributed by atoms with E-state index < -0.39 is 5.72 Å². The molecule has 1 rings (SSSR count). The second-order valence-electron chi connectivity index (χ2n) is 5.16. The van der Waals surface area contributed by atoms with Gasteiger partial charge >= 0.3 is 0 Å². The Kier molecular flexibility index (Phi) is 3.77. The summed E-state index contributed by atoms with van der Waals surface area (Å²) in [4.78, 5) is 13.8. The van der Waals surface area contributed by atoms with Crippen LogP contribution in [0.2, 0.25) is 0 Å². The molecule has 3 heteroatoms. The number of ether oxygens (including phenoxy) is 1. The highest BCUT2D eigenvalue weighted by atomic mass is 16.5. The summed E-state index contributed by atoms with van der Waals surface area (Å²) in [5, 5.41) is 0. The van der Waals surface area contributed by atoms with Crippen molar-refractivity contribution in [2.24, 2.45) is 5.92 Å². The summed E-state index contributed by atoms with van der Waals surface area (Å²) in [5.74, 6) is 0.794. The van der Waals surface area contributed by atoms with E-state index in [-0.39, 0.29) is 11.9 Å². The number of hydrogen-bond acceptors (Lipinski definition) is 2. The summed E-state index contributed by atoms with van der Waals surface area (Å²) in [5.41, 5.74) is -0.424. The molecule has 0 bridgehead atoms. The molecule has 0 spiro atoms. The highest BCUT2D eigenvalue weighted by molar-refractivity contribution is 5.77. The van der Waals surface area contributed by atoms with E-state index in [2.05, 4.69) is 13.8 Å². The van der Waals surface area contributed by atoms with Crippen LogP contribution >= 0.6 is 0 Å². The SMILES string of the molecule is CCC(=O)N1C(CC(C)C)COC1(C)C. The average Bonchev–Trinajstić information content (AvgIpc) is 2.40. The Morgan fingerprint density at radius 3 is 2.60 bits per heavy atom. The van der Waals surface area contributed by atoms with Gasteiger partial charge in [-0.05, 0) is 26.2 Å². The summed E-state index contributed by atoms with van der Waals surface area (Å²) in [6, 6.07) is 0.257. The molecule has 1 fully saturated rings. The van der Waals surface area contributed by atoms with E-state index in [9.17, 15) is 4.79 Å². The van der Waals surface area contributed by atoms with Crippen molar-refractivity contribution in [2.45, 2.75) is 59.2 Å². The molecule has 1 atom stereocenters. The van der Waals surface area contributed by atoms with Crippen LogP contribution in [0.3, 0.4) is 0 Å². The number of nitrogens with zero attached hydrogens (tertiary/aromatic N) is 1. The Labute approximate surface area is 92.8 Å². The van der Waals surface area contributed by atoms with Crippen molar-refractivity contribution in [3.8, 4) is 0 Å². The van der Waals surface area contributed by atoms with Gasteiger partial charge in [0.05, 0.1) is 12.6 Å². The quantitative estimate of drug-likeness (QED) is 0.720. The molecule has 0 aromatic rings. The van der Waals surface area contributed by atoms with E-state index in [1.165, 1.54) is 0 Å². The summed E-state index contributed by atoms with van der Waals surface area (Å²) in [6.07, 6.45) is 1.58. The smallest absolute Gasteiger partial charge is 0.224 e. The van der Waals surface area contributed by atoms with Gasteiger partial charge in [0.2, 0.25) is 5.91 Å². The lowest BCUT2D eigenvalue weighted by Crippen LogP contribution is -2.47. The van der Waals surface area contributed by atoms with E-state index in [0.29, 0.717) is 18.9 Å². The van der Waals surface area contributed by atoms with Crippen LogP contribution in [-0.4, -0.2) is 29.2 Å². The number of rotatable bonds is 3. The molecule has 1 amide bonds. The Balaban J connectivity index is 2.77. The number of carbonyl (C=O) groups is 1. The van der Waals surface area contributed by atoms with Crippen molar-refractivity contribution in [2.75, 3.05) is 6.61 Å². The van der Waals surface area contributed by atoms with Crippen molar-refractivity contribution >= 4 is 5.91 Å². The minimum absolute atomic E-state index is 0.197. The average molecular weight is 213 g/mol. The maximum atomic E-state index is 11.9. The maximum absolute atomic E-state index is 11.9. The van der Waals surface area contributed by atoms with Crippen molar-refractivity contribution < 1.29 is 9.53 Å². The van der Waals surface area contributed by atoms with E-state index in [4.69, 9.17) is 4.74 Å². The molecular formula is C12H23NO2. The fourth-order valence-corrected chi connectivity index (χ4v) is 2.28. The lowest BCUT2D eigenvalue weighted by atomic mass is 10.0. The van der Waals surface area contributed by atoms with Crippen molar-refractivity contribution in [1.29, 1.82) is 0 Å². The van der Waals surface area contributed by atoms with Gasteiger partial charge in [-0.25, -0.2) is 0 Å². The molecule has 1 aliphatic heterocycles. The van der Waals surface area contributed by atoms with Gasteiger partial charge in [-0.3, -0.25) is 4.79 Å². The maximum Gasteiger partial charge on any atom is 0.224 e. The molecule has 1 unspecified atom stereocenters. The van der Waals surface area contributed by atoms with Crippen LogP contribution in [0.25, 0.3) is 0 Å². The van der Waals surface area contributed by atoms with Crippen LogP contribution in [0, 0.1) is 5.92 Å². The Hall–Kier alpha value is -0.570. The molecule has 0 aliphatic carbocycles. The fourth-order valence-electron chi connectivity index (χ4n) is 2.28. The van der Waals surface area contributed by atoms with Gasteiger partial charge in [0.25, 0.3) is 0 Å². The highest BCUT2D eigenvalue weighted by Gasteiger charge is 2.42. The highest BCUT2D eigenvalue weighted by Crippen LogP contribution is 2.30. The zero-order valence-electron chi connectivity index (χ0n) is 10.5. The van der Waals surface area contributed by atoms with Crippen LogP contribution < -0.4 is 0 Å². The molecule has 88 valence electrons. The fraction of sp³-hybridized carbons (Fsp3) is 0.917. The summed E-state index contributed by atoms with van der Waals surface area (Å²) in [6.45, 7) is 10.9. The molecule has 1 heterocycles. The van der Waals surface area contributed by atoms with Gasteiger partial charge in [-0.15, -0.1) is 0 Å². The molecule has 0 saturated carbocycles. The Morgan fingerprint density at radius 2 is 2.13 bits per heavy atom. The number of hydrogen-bond donors (Lipinski definition) is 0. The Morgan fingerprint density at radius 1 is 1.53 bits per heavy atom. The van der Waals surface area contributed by atoms with Crippen LogP contribution in [0.5, 0.6) is 0 Å². The topological polar surface area (TPSA) is 29.5 Å². The van der Waals surface area contributed by atoms with Crippen molar-refractivity contribution in [3.05, 3.63) is 0 Å². The minimum Gasteiger partial charge on any atom is -0.354 e. The largest absolute Gasteiger partial charge is 0.354 e. The molecule has 0 aromatic carbocycles. The van der Waals surface area contributed by atoms with Crippen molar-refractivity contribution in [3.63, 3.8) is 0 Å². The first-order valence-corrected chi connectivity index (χ1v) is 5.84. The van der Waals surface area contributed by atoms with E-state index >= 15 is 0 Å². The predicted molar refractivity (Wildman–Crippen MR) is 60.4 cm³/mol. The van der Waals surface area contributed by atoms with E-state index in [1.807, 2.05) is 25.7 Å². The Bertz CT molecular complexity index is 236. The molecule has 15 heavy (non-hydrogen) atoms. The molecule has 3 nitrogen and oxygen atoms in total. The van der Waals surface area contributed by atoms with Crippen LogP contribution in [0.15, 0.2) is 0 Å². The number of carbonyl (C=O) groups excluding carboxylic acids is 1. The van der Waals surface area contributed by atoms with Crippen LogP contribution in [-0.2, 0) is 9.53 Å². The van der Waals surface area contributed by atoms with Gasteiger partial charge in [-0.1, -0.05) is 20.8 Å². The van der Waals surface area contributed by atoms with Gasteiger partial charge in [0.15, 0.2) is 0 Å². The van der Waals surface area contributed by atoms with Crippen molar-refractivity contribution in [1.82, 2.24) is 4.90 Å². The molecule has 0 aromatic heterocycles. The molecule has 0 N–H and O–H groups in total. The third-order valence-corrected chi connectivity index (χ3v) is 2.89. The first-order valence-electron chi connectivity index (χ1n) is 5.84. The summed E-state index contributed by atoms with van der Waals surface area (Å²) in [7, 11) is 0. The molecule has 0 radical (unpaired) electrons. The first-order chi connectivity index (χ1) is 6.88. The lowest BCUT2D eigenvalue weighted by molar-refractivity contribution is -0.146. The summed E-state index contributed by atoms with van der Waals surface area (Å²) < 4.78 is 5.69. The predicted octanol–water partition coefficient (Wildman–Crippen LogP) is 2.41. The van der Waals surface area contributed by atoms with Gasteiger partial charge in [0.1, 0.15) is 5.72 Å². The standard InChI is InChI=1S/C12H23NO2/c1-6-11(14)13-10(7-9(2)3)8-15-12(13,4)5/h9-10H,6-8H2,1-5H3. The van der Waals surface area contributed by atoms with E-state index in [1.54, 1.807) is 0 Å². The van der Waals surface area contributed by atoms with E-state index in [0.717, 1.165) is 6.42 Å².